The fraction of sp³-hybridized carbons (Fsp3) is 0.500. The second kappa shape index (κ2) is 5.65. The third-order valence-corrected chi connectivity index (χ3v) is 4.15. The summed E-state index contributed by atoms with van der Waals surface area (Å²) in [6.07, 6.45) is 2.14. The SMILES string of the molecule is CCCC1(CC)OC(=O)C(C(=O)O)C1c1ccccc1. The third-order valence-electron chi connectivity index (χ3n) is 4.15. The van der Waals surface area contributed by atoms with Gasteiger partial charge in [0.05, 0.1) is 0 Å². The minimum absolute atomic E-state index is 0.418. The number of hydrogen-bond acceptors (Lipinski definition) is 3. The second-order valence-electron chi connectivity index (χ2n) is 5.29. The van der Waals surface area contributed by atoms with Gasteiger partial charge in [0.1, 0.15) is 5.60 Å². The summed E-state index contributed by atoms with van der Waals surface area (Å²) >= 11 is 0. The lowest BCUT2D eigenvalue weighted by molar-refractivity contribution is -0.156. The van der Waals surface area contributed by atoms with Crippen molar-refractivity contribution in [2.45, 2.75) is 44.6 Å². The average molecular weight is 276 g/mol. The van der Waals surface area contributed by atoms with Gasteiger partial charge in [-0.15, -0.1) is 0 Å². The number of carboxylic acid groups (broad SMARTS) is 1. The van der Waals surface area contributed by atoms with Crippen LogP contribution in [0.25, 0.3) is 0 Å². The summed E-state index contributed by atoms with van der Waals surface area (Å²) in [4.78, 5) is 23.5. The van der Waals surface area contributed by atoms with Gasteiger partial charge in [-0.05, 0) is 18.4 Å². The number of hydrogen-bond donors (Lipinski definition) is 1. The normalized spacial score (nSPS) is 29.2. The molecule has 1 aliphatic heterocycles. The second-order valence-corrected chi connectivity index (χ2v) is 5.29. The van der Waals surface area contributed by atoms with Crippen LogP contribution < -0.4 is 0 Å². The molecular formula is C16H20O4. The first-order valence-corrected chi connectivity index (χ1v) is 7.06. The number of carbonyl (C=O) groups is 2. The van der Waals surface area contributed by atoms with E-state index in [0.29, 0.717) is 12.8 Å². The molecule has 1 aromatic carbocycles. The summed E-state index contributed by atoms with van der Waals surface area (Å²) in [5, 5.41) is 9.41. The van der Waals surface area contributed by atoms with E-state index >= 15 is 0 Å². The zero-order valence-electron chi connectivity index (χ0n) is 11.8. The smallest absolute Gasteiger partial charge is 0.321 e. The summed E-state index contributed by atoms with van der Waals surface area (Å²) in [7, 11) is 0. The minimum atomic E-state index is -1.11. The van der Waals surface area contributed by atoms with Gasteiger partial charge in [0.2, 0.25) is 0 Å². The van der Waals surface area contributed by atoms with E-state index in [2.05, 4.69) is 0 Å². The maximum absolute atomic E-state index is 12.0. The van der Waals surface area contributed by atoms with Gasteiger partial charge >= 0.3 is 11.9 Å². The van der Waals surface area contributed by atoms with Gasteiger partial charge in [-0.2, -0.15) is 0 Å². The van der Waals surface area contributed by atoms with Crippen LogP contribution in [0.1, 0.15) is 44.6 Å². The van der Waals surface area contributed by atoms with Crippen molar-refractivity contribution in [1.82, 2.24) is 0 Å². The van der Waals surface area contributed by atoms with Crippen LogP contribution in [0.4, 0.5) is 0 Å². The van der Waals surface area contributed by atoms with Crippen LogP contribution in [-0.2, 0) is 14.3 Å². The third kappa shape index (κ3) is 2.30. The Morgan fingerprint density at radius 1 is 1.30 bits per heavy atom. The Balaban J connectivity index is 2.52. The van der Waals surface area contributed by atoms with Crippen molar-refractivity contribution in [2.75, 3.05) is 0 Å². The van der Waals surface area contributed by atoms with Gasteiger partial charge in [-0.1, -0.05) is 50.6 Å². The summed E-state index contributed by atoms with van der Waals surface area (Å²) in [6, 6.07) is 9.36. The average Bonchev–Trinajstić information content (AvgIpc) is 2.73. The van der Waals surface area contributed by atoms with Crippen molar-refractivity contribution in [3.63, 3.8) is 0 Å². The number of carbonyl (C=O) groups excluding carboxylic acids is 1. The van der Waals surface area contributed by atoms with Crippen molar-refractivity contribution >= 4 is 11.9 Å². The number of benzene rings is 1. The summed E-state index contributed by atoms with van der Waals surface area (Å²) in [5.41, 5.74) is 0.164. The Morgan fingerprint density at radius 2 is 1.95 bits per heavy atom. The molecule has 4 heteroatoms. The van der Waals surface area contributed by atoms with Crippen LogP contribution in [0, 0.1) is 5.92 Å². The lowest BCUT2D eigenvalue weighted by Gasteiger charge is -2.33. The Hall–Kier alpha value is -1.84. The summed E-state index contributed by atoms with van der Waals surface area (Å²) < 4.78 is 5.56. The highest BCUT2D eigenvalue weighted by atomic mass is 16.6. The van der Waals surface area contributed by atoms with Crippen LogP contribution in [0.5, 0.6) is 0 Å². The van der Waals surface area contributed by atoms with Crippen molar-refractivity contribution in [3.05, 3.63) is 35.9 Å². The van der Waals surface area contributed by atoms with E-state index in [4.69, 9.17) is 4.74 Å². The monoisotopic (exact) mass is 276 g/mol. The van der Waals surface area contributed by atoms with Crippen molar-refractivity contribution in [3.8, 4) is 0 Å². The molecule has 108 valence electrons. The van der Waals surface area contributed by atoms with Gasteiger partial charge in [0.25, 0.3) is 0 Å². The number of ether oxygens (including phenoxy) is 1. The predicted octanol–water partition coefficient (Wildman–Crippen LogP) is 2.98. The molecule has 3 unspecified atom stereocenters. The van der Waals surface area contributed by atoms with Crippen molar-refractivity contribution < 1.29 is 19.4 Å². The van der Waals surface area contributed by atoms with Crippen LogP contribution in [0.2, 0.25) is 0 Å². The first-order valence-electron chi connectivity index (χ1n) is 7.06. The number of carboxylic acids is 1. The van der Waals surface area contributed by atoms with Crippen molar-refractivity contribution in [2.24, 2.45) is 5.92 Å². The van der Waals surface area contributed by atoms with E-state index in [-0.39, 0.29) is 0 Å². The standard InChI is InChI=1S/C16H20O4/c1-3-10-16(4-2)13(11-8-6-5-7-9-11)12(14(17)18)15(19)20-16/h5-9,12-13H,3-4,10H2,1-2H3,(H,17,18). The number of aliphatic carboxylic acids is 1. The van der Waals surface area contributed by atoms with Gasteiger partial charge < -0.3 is 9.84 Å². The molecule has 0 saturated carbocycles. The molecule has 0 radical (unpaired) electrons. The first-order chi connectivity index (χ1) is 9.55. The summed E-state index contributed by atoms with van der Waals surface area (Å²) in [6.45, 7) is 3.96. The van der Waals surface area contributed by atoms with E-state index in [1.807, 2.05) is 44.2 Å². The first kappa shape index (κ1) is 14.6. The van der Waals surface area contributed by atoms with Gasteiger partial charge in [0, 0.05) is 5.92 Å². The molecule has 0 aromatic heterocycles. The lowest BCUT2D eigenvalue weighted by Crippen LogP contribution is -2.36. The Labute approximate surface area is 118 Å². The molecule has 1 aliphatic rings. The Kier molecular flexibility index (Phi) is 4.12. The predicted molar refractivity (Wildman–Crippen MR) is 74.3 cm³/mol. The maximum atomic E-state index is 12.0. The quantitative estimate of drug-likeness (QED) is 0.663. The Bertz CT molecular complexity index is 496. The van der Waals surface area contributed by atoms with Gasteiger partial charge in [-0.3, -0.25) is 9.59 Å². The fourth-order valence-corrected chi connectivity index (χ4v) is 3.27. The zero-order valence-corrected chi connectivity index (χ0v) is 11.8. The Morgan fingerprint density at radius 3 is 2.45 bits per heavy atom. The van der Waals surface area contributed by atoms with E-state index in [0.717, 1.165) is 12.0 Å². The van der Waals surface area contributed by atoms with Crippen molar-refractivity contribution in [1.29, 1.82) is 0 Å². The molecule has 0 amide bonds. The van der Waals surface area contributed by atoms with E-state index < -0.39 is 29.4 Å². The number of rotatable bonds is 5. The highest BCUT2D eigenvalue weighted by molar-refractivity contribution is 5.97. The fourth-order valence-electron chi connectivity index (χ4n) is 3.27. The van der Waals surface area contributed by atoms with Gasteiger partial charge in [0.15, 0.2) is 5.92 Å². The van der Waals surface area contributed by atoms with Gasteiger partial charge in [-0.25, -0.2) is 0 Å². The number of esters is 1. The molecule has 1 heterocycles. The topological polar surface area (TPSA) is 63.6 Å². The molecule has 0 aliphatic carbocycles. The molecule has 1 N–H and O–H groups in total. The molecule has 2 rings (SSSR count). The van der Waals surface area contributed by atoms with E-state index in [1.165, 1.54) is 0 Å². The van der Waals surface area contributed by atoms with Crippen LogP contribution in [0.3, 0.4) is 0 Å². The minimum Gasteiger partial charge on any atom is -0.481 e. The van der Waals surface area contributed by atoms with E-state index in [9.17, 15) is 14.7 Å². The molecule has 0 spiro atoms. The maximum Gasteiger partial charge on any atom is 0.321 e. The highest BCUT2D eigenvalue weighted by Crippen LogP contribution is 2.49. The van der Waals surface area contributed by atoms with Crippen LogP contribution in [-0.4, -0.2) is 22.6 Å². The highest BCUT2D eigenvalue weighted by Gasteiger charge is 2.57. The molecular weight excluding hydrogens is 256 g/mol. The molecule has 0 bridgehead atoms. The molecule has 1 fully saturated rings. The molecule has 1 saturated heterocycles. The zero-order chi connectivity index (χ0) is 14.8. The number of cyclic esters (lactones) is 1. The molecule has 1 aromatic rings. The molecule has 3 atom stereocenters. The molecule has 4 nitrogen and oxygen atoms in total. The molecule has 20 heavy (non-hydrogen) atoms. The summed E-state index contributed by atoms with van der Waals surface area (Å²) in [5.74, 6) is -3.24. The van der Waals surface area contributed by atoms with Crippen LogP contribution in [0.15, 0.2) is 30.3 Å². The van der Waals surface area contributed by atoms with Crippen LogP contribution >= 0.6 is 0 Å². The van der Waals surface area contributed by atoms with E-state index in [1.54, 1.807) is 0 Å². The lowest BCUT2D eigenvalue weighted by atomic mass is 9.73. The largest absolute Gasteiger partial charge is 0.481 e.